The van der Waals surface area contributed by atoms with Gasteiger partial charge >= 0.3 is 0 Å². The zero-order valence-corrected chi connectivity index (χ0v) is 10.4. The van der Waals surface area contributed by atoms with Crippen LogP contribution in [0.5, 0.6) is 11.5 Å². The summed E-state index contributed by atoms with van der Waals surface area (Å²) in [5.41, 5.74) is 1.35. The van der Waals surface area contributed by atoms with Crippen LogP contribution >= 0.6 is 0 Å². The van der Waals surface area contributed by atoms with Crippen molar-refractivity contribution in [2.24, 2.45) is 0 Å². The topological polar surface area (TPSA) is 44.8 Å². The lowest BCUT2D eigenvalue weighted by molar-refractivity contribution is 0.00169. The Balaban J connectivity index is 2.69. The standard InChI is InChI=1S/C13H16O4/c1-7-11-9(15-3)5-6-10(16-4)12(11)13(14)8(2)17-7/h5-8H,1-4H3/t7-,8-/m1/s1. The Morgan fingerprint density at radius 1 is 1.06 bits per heavy atom. The second kappa shape index (κ2) is 4.37. The van der Waals surface area contributed by atoms with Crippen molar-refractivity contribution >= 4 is 5.78 Å². The average molecular weight is 236 g/mol. The minimum atomic E-state index is -0.446. The molecule has 4 heteroatoms. The van der Waals surface area contributed by atoms with Crippen LogP contribution in [0.25, 0.3) is 0 Å². The van der Waals surface area contributed by atoms with Gasteiger partial charge in [0.2, 0.25) is 0 Å². The van der Waals surface area contributed by atoms with Gasteiger partial charge in [0.1, 0.15) is 17.6 Å². The molecule has 2 rings (SSSR count). The SMILES string of the molecule is COc1ccc(OC)c2c1C(=O)[C@@H](C)O[C@@H]2C. The molecule has 0 unspecified atom stereocenters. The van der Waals surface area contributed by atoms with E-state index in [9.17, 15) is 4.79 Å². The molecule has 0 aliphatic carbocycles. The minimum absolute atomic E-state index is 0.0612. The fourth-order valence-corrected chi connectivity index (χ4v) is 2.23. The highest BCUT2D eigenvalue weighted by molar-refractivity contribution is 6.04. The molecular formula is C13H16O4. The molecule has 0 aromatic heterocycles. The van der Waals surface area contributed by atoms with Gasteiger partial charge in [0.25, 0.3) is 0 Å². The van der Waals surface area contributed by atoms with E-state index in [0.717, 1.165) is 5.56 Å². The number of ether oxygens (including phenoxy) is 3. The second-order valence-corrected chi connectivity index (χ2v) is 4.04. The van der Waals surface area contributed by atoms with Crippen molar-refractivity contribution in [1.82, 2.24) is 0 Å². The maximum atomic E-state index is 12.1. The van der Waals surface area contributed by atoms with Crippen LogP contribution < -0.4 is 9.47 Å². The van der Waals surface area contributed by atoms with E-state index in [1.165, 1.54) is 0 Å². The van der Waals surface area contributed by atoms with Gasteiger partial charge in [-0.25, -0.2) is 0 Å². The maximum Gasteiger partial charge on any atom is 0.195 e. The van der Waals surface area contributed by atoms with E-state index >= 15 is 0 Å². The lowest BCUT2D eigenvalue weighted by Gasteiger charge is -2.29. The fourth-order valence-electron chi connectivity index (χ4n) is 2.23. The molecule has 1 heterocycles. The summed E-state index contributed by atoms with van der Waals surface area (Å²) in [6.07, 6.45) is -0.624. The van der Waals surface area contributed by atoms with Crippen molar-refractivity contribution in [3.8, 4) is 11.5 Å². The molecule has 92 valence electrons. The summed E-state index contributed by atoms with van der Waals surface area (Å²) in [5, 5.41) is 0. The number of fused-ring (bicyclic) bond motifs is 1. The molecule has 4 nitrogen and oxygen atoms in total. The van der Waals surface area contributed by atoms with Crippen molar-refractivity contribution < 1.29 is 19.0 Å². The van der Waals surface area contributed by atoms with Gasteiger partial charge in [-0.1, -0.05) is 0 Å². The Bertz CT molecular complexity index is 453. The zero-order chi connectivity index (χ0) is 12.6. The van der Waals surface area contributed by atoms with Gasteiger partial charge in [-0.15, -0.1) is 0 Å². The zero-order valence-electron chi connectivity index (χ0n) is 10.4. The minimum Gasteiger partial charge on any atom is -0.496 e. The molecule has 0 radical (unpaired) electrons. The quantitative estimate of drug-likeness (QED) is 0.790. The van der Waals surface area contributed by atoms with E-state index < -0.39 is 6.10 Å². The Morgan fingerprint density at radius 3 is 2.24 bits per heavy atom. The predicted molar refractivity (Wildman–Crippen MR) is 62.8 cm³/mol. The molecule has 17 heavy (non-hydrogen) atoms. The number of benzene rings is 1. The third-order valence-corrected chi connectivity index (χ3v) is 3.04. The molecule has 2 atom stereocenters. The van der Waals surface area contributed by atoms with Crippen LogP contribution in [0.1, 0.15) is 35.9 Å². The van der Waals surface area contributed by atoms with Gasteiger partial charge in [0, 0.05) is 5.56 Å². The first kappa shape index (κ1) is 11.9. The Labute approximate surface area is 100 Å². The second-order valence-electron chi connectivity index (χ2n) is 4.04. The van der Waals surface area contributed by atoms with E-state index in [-0.39, 0.29) is 11.9 Å². The Morgan fingerprint density at radius 2 is 1.65 bits per heavy atom. The van der Waals surface area contributed by atoms with Crippen LogP contribution in [0, 0.1) is 0 Å². The highest BCUT2D eigenvalue weighted by atomic mass is 16.5. The van der Waals surface area contributed by atoms with Crippen LogP contribution in [-0.4, -0.2) is 26.1 Å². The van der Waals surface area contributed by atoms with Gasteiger partial charge in [0.05, 0.1) is 25.9 Å². The number of carbonyl (C=O) groups excluding carboxylic acids is 1. The van der Waals surface area contributed by atoms with Crippen LogP contribution in [0.4, 0.5) is 0 Å². The van der Waals surface area contributed by atoms with E-state index in [0.29, 0.717) is 17.1 Å². The number of ketones is 1. The summed E-state index contributed by atoms with van der Waals surface area (Å²) in [4.78, 5) is 12.1. The van der Waals surface area contributed by atoms with Crippen LogP contribution in [-0.2, 0) is 4.74 Å². The monoisotopic (exact) mass is 236 g/mol. The smallest absolute Gasteiger partial charge is 0.195 e. The van der Waals surface area contributed by atoms with Gasteiger partial charge in [-0.2, -0.15) is 0 Å². The molecule has 0 saturated heterocycles. The molecule has 0 saturated carbocycles. The van der Waals surface area contributed by atoms with Crippen molar-refractivity contribution in [2.75, 3.05) is 14.2 Å². The molecule has 1 aromatic carbocycles. The highest BCUT2D eigenvalue weighted by Gasteiger charge is 2.34. The molecular weight excluding hydrogens is 220 g/mol. The lowest BCUT2D eigenvalue weighted by atomic mass is 9.92. The molecule has 0 amide bonds. The summed E-state index contributed by atoms with van der Waals surface area (Å²) in [5.74, 6) is 1.18. The Hall–Kier alpha value is -1.55. The number of methoxy groups -OCH3 is 2. The molecule has 1 aliphatic heterocycles. The number of hydrogen-bond donors (Lipinski definition) is 0. The number of rotatable bonds is 2. The summed E-state index contributed by atoms with van der Waals surface area (Å²) >= 11 is 0. The summed E-state index contributed by atoms with van der Waals surface area (Å²) < 4.78 is 16.1. The summed E-state index contributed by atoms with van der Waals surface area (Å²) in [6, 6.07) is 3.54. The Kier molecular flexibility index (Phi) is 3.07. The van der Waals surface area contributed by atoms with Crippen LogP contribution in [0.3, 0.4) is 0 Å². The van der Waals surface area contributed by atoms with Gasteiger partial charge < -0.3 is 14.2 Å². The van der Waals surface area contributed by atoms with Gasteiger partial charge in [-0.05, 0) is 26.0 Å². The van der Waals surface area contributed by atoms with Crippen molar-refractivity contribution in [2.45, 2.75) is 26.1 Å². The molecule has 0 N–H and O–H groups in total. The van der Waals surface area contributed by atoms with E-state index in [1.807, 2.05) is 6.92 Å². The predicted octanol–water partition coefficient (Wildman–Crippen LogP) is 2.37. The number of carbonyl (C=O) groups is 1. The van der Waals surface area contributed by atoms with E-state index in [4.69, 9.17) is 14.2 Å². The van der Waals surface area contributed by atoms with Crippen LogP contribution in [0.2, 0.25) is 0 Å². The first-order valence-electron chi connectivity index (χ1n) is 5.54. The third-order valence-electron chi connectivity index (χ3n) is 3.04. The van der Waals surface area contributed by atoms with E-state index in [1.54, 1.807) is 33.3 Å². The van der Waals surface area contributed by atoms with E-state index in [2.05, 4.69) is 0 Å². The molecule has 0 bridgehead atoms. The number of hydrogen-bond acceptors (Lipinski definition) is 4. The largest absolute Gasteiger partial charge is 0.496 e. The molecule has 0 fully saturated rings. The van der Waals surface area contributed by atoms with Crippen molar-refractivity contribution in [3.63, 3.8) is 0 Å². The average Bonchev–Trinajstić information content (AvgIpc) is 2.34. The first-order chi connectivity index (χ1) is 8.10. The summed E-state index contributed by atoms with van der Waals surface area (Å²) in [6.45, 7) is 3.66. The van der Waals surface area contributed by atoms with Crippen molar-refractivity contribution in [3.05, 3.63) is 23.3 Å². The maximum absolute atomic E-state index is 12.1. The molecule has 0 spiro atoms. The normalized spacial score (nSPS) is 23.2. The lowest BCUT2D eigenvalue weighted by Crippen LogP contribution is -2.30. The van der Waals surface area contributed by atoms with Gasteiger partial charge in [-0.3, -0.25) is 4.79 Å². The third kappa shape index (κ3) is 1.78. The summed E-state index contributed by atoms with van der Waals surface area (Å²) in [7, 11) is 3.14. The van der Waals surface area contributed by atoms with Crippen LogP contribution in [0.15, 0.2) is 12.1 Å². The fraction of sp³-hybridized carbons (Fsp3) is 0.462. The van der Waals surface area contributed by atoms with Crippen molar-refractivity contribution in [1.29, 1.82) is 0 Å². The number of Topliss-reactive ketones (excluding diaryl/α,β-unsaturated/α-hetero) is 1. The molecule has 1 aliphatic rings. The molecule has 1 aromatic rings. The first-order valence-corrected chi connectivity index (χ1v) is 5.54. The highest BCUT2D eigenvalue weighted by Crippen LogP contribution is 2.41. The van der Waals surface area contributed by atoms with Gasteiger partial charge in [0.15, 0.2) is 5.78 Å².